The van der Waals surface area contributed by atoms with E-state index in [0.717, 1.165) is 12.8 Å². The number of hydrogen-bond acceptors (Lipinski definition) is 8. The molecule has 1 amide bonds. The number of carbonyl (C=O) groups excluding carboxylic acids is 1. The van der Waals surface area contributed by atoms with Gasteiger partial charge in [0.25, 0.3) is 15.9 Å². The van der Waals surface area contributed by atoms with Crippen LogP contribution in [0.25, 0.3) is 0 Å². The van der Waals surface area contributed by atoms with Crippen molar-refractivity contribution in [1.82, 2.24) is 9.21 Å². The second-order valence-corrected chi connectivity index (χ2v) is 15.8. The Kier molecular flexibility index (Phi) is 12.4. The second-order valence-electron chi connectivity index (χ2n) is 12.0. The fraction of sp³-hybridized carbons (Fsp3) is 0.441. The number of fused-ring (bicyclic) bond motifs is 1. The summed E-state index contributed by atoms with van der Waals surface area (Å²) in [5.74, 6) is -0.527. The molecule has 4 rings (SSSR count). The van der Waals surface area contributed by atoms with E-state index in [2.05, 4.69) is 4.72 Å². The minimum absolute atomic E-state index is 0.0510. The first kappa shape index (κ1) is 36.3. The topological polar surface area (TPSA) is 143 Å². The first-order valence-electron chi connectivity index (χ1n) is 15.8. The summed E-state index contributed by atoms with van der Waals surface area (Å²) in [4.78, 5) is 16.1. The zero-order valence-corrected chi connectivity index (χ0v) is 28.9. The van der Waals surface area contributed by atoms with Crippen LogP contribution in [-0.4, -0.2) is 88.7 Å². The maximum Gasteiger partial charge on any atom is 0.261 e. The molecule has 0 aromatic heterocycles. The molecule has 11 nitrogen and oxygen atoms in total. The Hall–Kier alpha value is -3.49. The van der Waals surface area contributed by atoms with Gasteiger partial charge in [0, 0.05) is 38.3 Å². The van der Waals surface area contributed by atoms with E-state index in [1.165, 1.54) is 34.5 Å². The Balaban J connectivity index is 1.68. The zero-order valence-electron chi connectivity index (χ0n) is 27.3. The van der Waals surface area contributed by atoms with Crippen molar-refractivity contribution in [2.45, 2.75) is 68.1 Å². The van der Waals surface area contributed by atoms with Gasteiger partial charge in [-0.15, -0.1) is 0 Å². The van der Waals surface area contributed by atoms with Crippen LogP contribution in [0.5, 0.6) is 5.75 Å². The largest absolute Gasteiger partial charge is 0.490 e. The lowest BCUT2D eigenvalue weighted by atomic mass is 10.0. The zero-order chi connectivity index (χ0) is 34.2. The fourth-order valence-electron chi connectivity index (χ4n) is 5.39. The van der Waals surface area contributed by atoms with Gasteiger partial charge < -0.3 is 19.5 Å². The highest BCUT2D eigenvalue weighted by Gasteiger charge is 2.32. The number of benzene rings is 3. The van der Waals surface area contributed by atoms with Crippen LogP contribution in [0.4, 0.5) is 5.69 Å². The summed E-state index contributed by atoms with van der Waals surface area (Å²) >= 11 is 0. The third kappa shape index (κ3) is 9.32. The van der Waals surface area contributed by atoms with E-state index in [1.54, 1.807) is 67.6 Å². The molecule has 0 spiro atoms. The van der Waals surface area contributed by atoms with Crippen LogP contribution in [-0.2, 0) is 24.8 Å². The number of amides is 1. The van der Waals surface area contributed by atoms with Crippen LogP contribution in [0.2, 0.25) is 0 Å². The number of anilines is 1. The molecule has 4 atom stereocenters. The van der Waals surface area contributed by atoms with Gasteiger partial charge in [0.15, 0.2) is 0 Å². The van der Waals surface area contributed by atoms with Gasteiger partial charge in [0.2, 0.25) is 10.0 Å². The maximum absolute atomic E-state index is 14.3. The van der Waals surface area contributed by atoms with Crippen molar-refractivity contribution in [2.24, 2.45) is 5.92 Å². The van der Waals surface area contributed by atoms with Gasteiger partial charge >= 0.3 is 0 Å². The smallest absolute Gasteiger partial charge is 0.261 e. The highest BCUT2D eigenvalue weighted by atomic mass is 32.2. The number of likely N-dealkylation sites (N-methyl/N-ethyl adjacent to an activating group) is 1. The van der Waals surface area contributed by atoms with Gasteiger partial charge in [-0.1, -0.05) is 43.3 Å². The number of sulfonamides is 2. The number of ether oxygens (including phenoxy) is 2. The van der Waals surface area contributed by atoms with Crippen molar-refractivity contribution in [1.29, 1.82) is 0 Å². The fourth-order valence-corrected chi connectivity index (χ4v) is 7.66. The van der Waals surface area contributed by atoms with Gasteiger partial charge in [-0.3, -0.25) is 9.52 Å². The van der Waals surface area contributed by atoms with Crippen molar-refractivity contribution >= 4 is 31.6 Å². The lowest BCUT2D eigenvalue weighted by Crippen LogP contribution is -2.48. The molecule has 13 heteroatoms. The molecule has 0 fully saturated rings. The third-order valence-electron chi connectivity index (χ3n) is 8.25. The van der Waals surface area contributed by atoms with E-state index in [1.807, 2.05) is 13.8 Å². The Labute approximate surface area is 278 Å². The first-order chi connectivity index (χ1) is 22.3. The molecule has 0 bridgehead atoms. The van der Waals surface area contributed by atoms with Crippen LogP contribution in [0.15, 0.2) is 88.7 Å². The van der Waals surface area contributed by atoms with E-state index in [0.29, 0.717) is 18.8 Å². The minimum atomic E-state index is -3.94. The van der Waals surface area contributed by atoms with Crippen molar-refractivity contribution in [3.63, 3.8) is 0 Å². The Bertz CT molecular complexity index is 1690. The number of carbonyl (C=O) groups is 1. The van der Waals surface area contributed by atoms with Gasteiger partial charge in [-0.25, -0.2) is 16.8 Å². The summed E-state index contributed by atoms with van der Waals surface area (Å²) in [5, 5.41) is 10.2. The van der Waals surface area contributed by atoms with Crippen LogP contribution >= 0.6 is 0 Å². The second kappa shape index (κ2) is 16.1. The predicted octanol–water partition coefficient (Wildman–Crippen LogP) is 4.60. The molecule has 2 N–H and O–H groups in total. The van der Waals surface area contributed by atoms with Gasteiger partial charge in [-0.05, 0) is 75.6 Å². The predicted molar refractivity (Wildman–Crippen MR) is 180 cm³/mol. The van der Waals surface area contributed by atoms with E-state index in [4.69, 9.17) is 9.47 Å². The molecule has 0 unspecified atom stereocenters. The van der Waals surface area contributed by atoms with Crippen LogP contribution in [0.3, 0.4) is 0 Å². The van der Waals surface area contributed by atoms with Crippen molar-refractivity contribution in [3.8, 4) is 5.75 Å². The average molecular weight is 688 g/mol. The molecule has 1 aliphatic rings. The molecule has 0 saturated carbocycles. The third-order valence-corrected chi connectivity index (χ3v) is 11.5. The number of rotatable bonds is 9. The highest BCUT2D eigenvalue weighted by molar-refractivity contribution is 7.92. The standard InChI is InChI=1S/C34H45N3O8S2/c1-25-22-37(26(2)24-38)34(39)31-21-28(35-46(40,41)29-14-7-5-8-15-29)18-19-32(31)45-27(3)13-11-12-20-44-33(25)23-36(4)47(42,43)30-16-9-6-10-17-30/h5-10,14-19,21,25-27,33,35,38H,11-13,20,22-24H2,1-4H3/t25-,26+,27+,33-/m0/s1. The summed E-state index contributed by atoms with van der Waals surface area (Å²) in [5.41, 5.74) is 0.313. The molecular formula is C34H45N3O8S2. The molecule has 0 saturated heterocycles. The van der Waals surface area contributed by atoms with Crippen molar-refractivity contribution in [3.05, 3.63) is 84.4 Å². The number of hydrogen-bond donors (Lipinski definition) is 2. The van der Waals surface area contributed by atoms with Gasteiger partial charge in [0.1, 0.15) is 5.75 Å². The summed E-state index contributed by atoms with van der Waals surface area (Å²) in [7, 11) is -6.22. The number of nitrogens with zero attached hydrogens (tertiary/aromatic N) is 2. The molecule has 0 radical (unpaired) electrons. The number of aliphatic hydroxyl groups is 1. The van der Waals surface area contributed by atoms with E-state index in [-0.39, 0.29) is 52.8 Å². The van der Waals surface area contributed by atoms with Crippen molar-refractivity contribution in [2.75, 3.05) is 38.1 Å². The molecule has 1 heterocycles. The summed E-state index contributed by atoms with van der Waals surface area (Å²) < 4.78 is 69.2. The van der Waals surface area contributed by atoms with E-state index in [9.17, 15) is 26.7 Å². The summed E-state index contributed by atoms with van der Waals surface area (Å²) in [6.07, 6.45) is 1.32. The van der Waals surface area contributed by atoms with Crippen LogP contribution in [0, 0.1) is 5.92 Å². The van der Waals surface area contributed by atoms with E-state index < -0.39 is 38.1 Å². The molecule has 0 aliphatic carbocycles. The minimum Gasteiger partial charge on any atom is -0.490 e. The van der Waals surface area contributed by atoms with Gasteiger partial charge in [0.05, 0.1) is 40.2 Å². The molecule has 1 aliphatic heterocycles. The first-order valence-corrected chi connectivity index (χ1v) is 18.7. The Morgan fingerprint density at radius 1 is 0.957 bits per heavy atom. The quantitative estimate of drug-likeness (QED) is 0.333. The maximum atomic E-state index is 14.3. The molecular weight excluding hydrogens is 643 g/mol. The normalized spacial score (nSPS) is 20.9. The van der Waals surface area contributed by atoms with E-state index >= 15 is 0 Å². The monoisotopic (exact) mass is 687 g/mol. The van der Waals surface area contributed by atoms with Crippen LogP contribution in [0.1, 0.15) is 50.4 Å². The molecule has 47 heavy (non-hydrogen) atoms. The highest BCUT2D eigenvalue weighted by Crippen LogP contribution is 2.30. The molecule has 3 aromatic rings. The van der Waals surface area contributed by atoms with Crippen molar-refractivity contribution < 1.29 is 36.2 Å². The number of nitrogens with one attached hydrogen (secondary N) is 1. The Morgan fingerprint density at radius 2 is 1.60 bits per heavy atom. The summed E-state index contributed by atoms with van der Waals surface area (Å²) in [6.45, 7) is 5.73. The SMILES string of the molecule is C[C@@H]1CCCCO[C@@H](CN(C)S(=O)(=O)c2ccccc2)[C@@H](C)CN([C@H](C)CO)C(=O)c2cc(NS(=O)(=O)c3ccccc3)ccc2O1. The number of aliphatic hydroxyl groups excluding tert-OH is 1. The molecule has 3 aromatic carbocycles. The van der Waals surface area contributed by atoms with Crippen LogP contribution < -0.4 is 9.46 Å². The molecule has 256 valence electrons. The summed E-state index contributed by atoms with van der Waals surface area (Å²) in [6, 6.07) is 20.1. The Morgan fingerprint density at radius 3 is 2.23 bits per heavy atom. The lowest BCUT2D eigenvalue weighted by Gasteiger charge is -2.35. The average Bonchev–Trinajstić information content (AvgIpc) is 3.06. The lowest BCUT2D eigenvalue weighted by molar-refractivity contribution is -0.00833. The van der Waals surface area contributed by atoms with Gasteiger partial charge in [-0.2, -0.15) is 4.31 Å².